The fourth-order valence-corrected chi connectivity index (χ4v) is 3.13. The average Bonchev–Trinajstić information content (AvgIpc) is 2.33. The second-order valence-electron chi connectivity index (χ2n) is 6.27. The molecule has 2 heterocycles. The van der Waals surface area contributed by atoms with Gasteiger partial charge in [-0.25, -0.2) is 4.39 Å². The maximum Gasteiger partial charge on any atom is 0.117 e. The van der Waals surface area contributed by atoms with Gasteiger partial charge in [0.15, 0.2) is 0 Å². The van der Waals surface area contributed by atoms with Gasteiger partial charge in [-0.2, -0.15) is 0 Å². The summed E-state index contributed by atoms with van der Waals surface area (Å²) in [6, 6.07) is 0. The summed E-state index contributed by atoms with van der Waals surface area (Å²) in [7, 11) is 0. The molecule has 0 radical (unpaired) electrons. The lowest BCUT2D eigenvalue weighted by Crippen LogP contribution is -2.50. The molecule has 18 heavy (non-hydrogen) atoms. The van der Waals surface area contributed by atoms with Gasteiger partial charge in [0.1, 0.15) is 6.17 Å². The van der Waals surface area contributed by atoms with Crippen molar-refractivity contribution in [2.45, 2.75) is 26.4 Å². The van der Waals surface area contributed by atoms with E-state index in [0.29, 0.717) is 12.5 Å². The Morgan fingerprint density at radius 3 is 2.50 bits per heavy atom. The summed E-state index contributed by atoms with van der Waals surface area (Å²) in [4.78, 5) is 4.72. The van der Waals surface area contributed by atoms with Gasteiger partial charge in [-0.05, 0) is 18.9 Å². The van der Waals surface area contributed by atoms with Crippen LogP contribution in [-0.4, -0.2) is 68.3 Å². The summed E-state index contributed by atoms with van der Waals surface area (Å²) in [5.41, 5.74) is 0. The smallest absolute Gasteiger partial charge is 0.117 e. The first-order valence-electron chi connectivity index (χ1n) is 7.44. The van der Waals surface area contributed by atoms with E-state index in [4.69, 9.17) is 0 Å². The van der Waals surface area contributed by atoms with Crippen LogP contribution in [0.25, 0.3) is 0 Å². The molecule has 2 rings (SSSR count). The molecule has 0 bridgehead atoms. The monoisotopic (exact) mass is 257 g/mol. The van der Waals surface area contributed by atoms with E-state index >= 15 is 0 Å². The lowest BCUT2D eigenvalue weighted by atomic mass is 9.93. The third-order valence-corrected chi connectivity index (χ3v) is 4.09. The molecule has 2 unspecified atom stereocenters. The van der Waals surface area contributed by atoms with Crippen molar-refractivity contribution in [1.82, 2.24) is 15.1 Å². The molecule has 2 aliphatic heterocycles. The van der Waals surface area contributed by atoms with Crippen molar-refractivity contribution in [2.24, 2.45) is 11.8 Å². The molecule has 0 aromatic rings. The Hall–Kier alpha value is -0.190. The van der Waals surface area contributed by atoms with Crippen LogP contribution in [0, 0.1) is 11.8 Å². The Kier molecular flexibility index (Phi) is 5.39. The van der Waals surface area contributed by atoms with Crippen molar-refractivity contribution in [3.8, 4) is 0 Å². The normalized spacial score (nSPS) is 32.0. The maximum absolute atomic E-state index is 14.2. The van der Waals surface area contributed by atoms with E-state index in [2.05, 4.69) is 29.0 Å². The minimum absolute atomic E-state index is 0.256. The summed E-state index contributed by atoms with van der Waals surface area (Å²) in [5.74, 6) is 0.897. The number of rotatable bonds is 4. The molecular weight excluding hydrogens is 229 g/mol. The zero-order chi connectivity index (χ0) is 13.0. The molecule has 0 spiro atoms. The minimum Gasteiger partial charge on any atom is -0.314 e. The predicted molar refractivity (Wildman–Crippen MR) is 73.6 cm³/mol. The third kappa shape index (κ3) is 4.18. The summed E-state index contributed by atoms with van der Waals surface area (Å²) in [5, 5.41) is 3.35. The van der Waals surface area contributed by atoms with Crippen molar-refractivity contribution >= 4 is 0 Å². The molecule has 0 aromatic heterocycles. The number of likely N-dealkylation sites (tertiary alicyclic amines) is 1. The van der Waals surface area contributed by atoms with Gasteiger partial charge in [0.05, 0.1) is 0 Å². The summed E-state index contributed by atoms with van der Waals surface area (Å²) >= 11 is 0. The Balaban J connectivity index is 1.74. The Morgan fingerprint density at radius 1 is 1.17 bits per heavy atom. The fourth-order valence-electron chi connectivity index (χ4n) is 3.13. The molecule has 4 heteroatoms. The van der Waals surface area contributed by atoms with Crippen molar-refractivity contribution < 1.29 is 4.39 Å². The van der Waals surface area contributed by atoms with Crippen molar-refractivity contribution in [2.75, 3.05) is 52.4 Å². The third-order valence-electron chi connectivity index (χ3n) is 4.09. The number of halogens is 1. The molecule has 1 N–H and O–H groups in total. The van der Waals surface area contributed by atoms with E-state index < -0.39 is 6.17 Å². The summed E-state index contributed by atoms with van der Waals surface area (Å²) in [6.45, 7) is 12.4. The van der Waals surface area contributed by atoms with Gasteiger partial charge >= 0.3 is 0 Å². The Bertz CT molecular complexity index is 241. The van der Waals surface area contributed by atoms with Crippen molar-refractivity contribution in [1.29, 1.82) is 0 Å². The van der Waals surface area contributed by atoms with Gasteiger partial charge < -0.3 is 15.1 Å². The first-order chi connectivity index (χ1) is 8.65. The van der Waals surface area contributed by atoms with Crippen LogP contribution in [0.3, 0.4) is 0 Å². The van der Waals surface area contributed by atoms with Crippen LogP contribution in [0.5, 0.6) is 0 Å². The highest BCUT2D eigenvalue weighted by molar-refractivity contribution is 4.84. The first kappa shape index (κ1) is 14.2. The quantitative estimate of drug-likeness (QED) is 0.816. The van der Waals surface area contributed by atoms with Gasteiger partial charge in [0.25, 0.3) is 0 Å². The van der Waals surface area contributed by atoms with Gasteiger partial charge in [-0.3, -0.25) is 0 Å². The number of piperidine rings is 1. The highest BCUT2D eigenvalue weighted by Crippen LogP contribution is 2.22. The standard InChI is InChI=1S/C14H28FN3/c1-12(2)9-18-6-3-13(14(15)11-18)10-17-7-4-16-5-8-17/h12-14,16H,3-11H2,1-2H3. The number of alkyl halides is 1. The fraction of sp³-hybridized carbons (Fsp3) is 1.00. The molecular formula is C14H28FN3. The van der Waals surface area contributed by atoms with Crippen LogP contribution >= 0.6 is 0 Å². The summed E-state index contributed by atoms with van der Waals surface area (Å²) in [6.07, 6.45) is 0.394. The first-order valence-corrected chi connectivity index (χ1v) is 7.44. The zero-order valence-corrected chi connectivity index (χ0v) is 11.9. The molecule has 106 valence electrons. The SMILES string of the molecule is CC(C)CN1CCC(CN2CCNCC2)C(F)C1. The summed E-state index contributed by atoms with van der Waals surface area (Å²) < 4.78 is 14.2. The second kappa shape index (κ2) is 6.83. The molecule has 0 aliphatic carbocycles. The molecule has 0 saturated carbocycles. The lowest BCUT2D eigenvalue weighted by Gasteiger charge is -2.38. The molecule has 0 amide bonds. The Morgan fingerprint density at radius 2 is 1.89 bits per heavy atom. The molecule has 2 saturated heterocycles. The lowest BCUT2D eigenvalue weighted by molar-refractivity contribution is 0.0529. The molecule has 3 nitrogen and oxygen atoms in total. The minimum atomic E-state index is -0.632. The number of hydrogen-bond donors (Lipinski definition) is 1. The van der Waals surface area contributed by atoms with Gasteiger partial charge in [-0.1, -0.05) is 13.8 Å². The topological polar surface area (TPSA) is 18.5 Å². The highest BCUT2D eigenvalue weighted by Gasteiger charge is 2.30. The van der Waals surface area contributed by atoms with E-state index in [9.17, 15) is 4.39 Å². The van der Waals surface area contributed by atoms with Gasteiger partial charge in [-0.15, -0.1) is 0 Å². The van der Waals surface area contributed by atoms with Gasteiger partial charge in [0.2, 0.25) is 0 Å². The van der Waals surface area contributed by atoms with Crippen LogP contribution in [0.15, 0.2) is 0 Å². The molecule has 2 atom stereocenters. The zero-order valence-electron chi connectivity index (χ0n) is 11.9. The number of nitrogens with one attached hydrogen (secondary N) is 1. The van der Waals surface area contributed by atoms with E-state index in [1.807, 2.05) is 0 Å². The van der Waals surface area contributed by atoms with E-state index in [0.717, 1.165) is 52.2 Å². The van der Waals surface area contributed by atoms with E-state index in [-0.39, 0.29) is 5.92 Å². The van der Waals surface area contributed by atoms with Crippen LogP contribution < -0.4 is 5.32 Å². The largest absolute Gasteiger partial charge is 0.314 e. The van der Waals surface area contributed by atoms with E-state index in [1.54, 1.807) is 0 Å². The van der Waals surface area contributed by atoms with Crippen LogP contribution in [0.1, 0.15) is 20.3 Å². The van der Waals surface area contributed by atoms with Gasteiger partial charge in [0, 0.05) is 51.7 Å². The molecule has 2 fully saturated rings. The van der Waals surface area contributed by atoms with Crippen molar-refractivity contribution in [3.63, 3.8) is 0 Å². The number of piperazine rings is 1. The number of nitrogens with zero attached hydrogens (tertiary/aromatic N) is 2. The van der Waals surface area contributed by atoms with Crippen LogP contribution in [0.4, 0.5) is 4.39 Å². The molecule has 2 aliphatic rings. The van der Waals surface area contributed by atoms with Crippen LogP contribution in [0.2, 0.25) is 0 Å². The highest BCUT2D eigenvalue weighted by atomic mass is 19.1. The average molecular weight is 257 g/mol. The van der Waals surface area contributed by atoms with Crippen LogP contribution in [-0.2, 0) is 0 Å². The predicted octanol–water partition coefficient (Wildman–Crippen LogP) is 1.21. The van der Waals surface area contributed by atoms with Crippen molar-refractivity contribution in [3.05, 3.63) is 0 Å². The second-order valence-corrected chi connectivity index (χ2v) is 6.27. The van der Waals surface area contributed by atoms with E-state index in [1.165, 1.54) is 0 Å². The number of hydrogen-bond acceptors (Lipinski definition) is 3. The Labute approximate surface area is 111 Å². The maximum atomic E-state index is 14.2. The molecule has 0 aromatic carbocycles.